The molecule has 2 rings (SSSR count). The van der Waals surface area contributed by atoms with Crippen LogP contribution in [0.3, 0.4) is 0 Å². The first-order valence-electron chi connectivity index (χ1n) is 7.93. The van der Waals surface area contributed by atoms with Gasteiger partial charge in [0.15, 0.2) is 6.10 Å². The number of amides is 1. The van der Waals surface area contributed by atoms with E-state index in [1.807, 2.05) is 24.3 Å². The average Bonchev–Trinajstić information content (AvgIpc) is 2.67. The number of esters is 1. The van der Waals surface area contributed by atoms with Crippen molar-refractivity contribution in [2.75, 3.05) is 25.3 Å². The molecule has 0 aliphatic heterocycles. The molecule has 0 bridgehead atoms. The lowest BCUT2D eigenvalue weighted by molar-refractivity contribution is -0.150. The number of ether oxygens (including phenoxy) is 3. The van der Waals surface area contributed by atoms with Gasteiger partial charge in [-0.15, -0.1) is 11.8 Å². The van der Waals surface area contributed by atoms with Crippen LogP contribution in [0.1, 0.15) is 6.92 Å². The summed E-state index contributed by atoms with van der Waals surface area (Å²) < 4.78 is 15.3. The Balaban J connectivity index is 1.78. The highest BCUT2D eigenvalue weighted by atomic mass is 32.2. The molecule has 0 saturated heterocycles. The van der Waals surface area contributed by atoms with Crippen LogP contribution in [-0.4, -0.2) is 38.0 Å². The van der Waals surface area contributed by atoms with Gasteiger partial charge in [0.2, 0.25) is 0 Å². The van der Waals surface area contributed by atoms with Crippen molar-refractivity contribution < 1.29 is 23.8 Å². The maximum absolute atomic E-state index is 12.1. The number of carbonyl (C=O) groups is 2. The van der Waals surface area contributed by atoms with E-state index in [1.165, 1.54) is 18.7 Å². The van der Waals surface area contributed by atoms with Crippen molar-refractivity contribution in [3.8, 4) is 11.5 Å². The molecular weight excluding hydrogens is 354 g/mol. The Morgan fingerprint density at radius 2 is 1.50 bits per heavy atom. The van der Waals surface area contributed by atoms with Gasteiger partial charge in [-0.1, -0.05) is 0 Å². The van der Waals surface area contributed by atoms with E-state index >= 15 is 0 Å². The van der Waals surface area contributed by atoms with Crippen LogP contribution in [0.4, 0.5) is 5.69 Å². The molecule has 6 nitrogen and oxygen atoms in total. The van der Waals surface area contributed by atoms with Crippen molar-refractivity contribution >= 4 is 29.3 Å². The molecule has 0 aromatic heterocycles. The second-order valence-corrected chi connectivity index (χ2v) is 6.36. The summed E-state index contributed by atoms with van der Waals surface area (Å²) in [4.78, 5) is 24.9. The third-order valence-corrected chi connectivity index (χ3v) is 4.44. The molecule has 0 spiro atoms. The Morgan fingerprint density at radius 3 is 2.04 bits per heavy atom. The lowest BCUT2D eigenvalue weighted by Crippen LogP contribution is -2.30. The van der Waals surface area contributed by atoms with E-state index < -0.39 is 18.0 Å². The van der Waals surface area contributed by atoms with Crippen LogP contribution in [0.5, 0.6) is 11.5 Å². The molecule has 0 aliphatic carbocycles. The largest absolute Gasteiger partial charge is 0.497 e. The molecule has 0 heterocycles. The van der Waals surface area contributed by atoms with E-state index in [0.29, 0.717) is 11.4 Å². The molecule has 138 valence electrons. The number of hydrogen-bond donors (Lipinski definition) is 1. The van der Waals surface area contributed by atoms with Crippen LogP contribution in [0, 0.1) is 0 Å². The molecule has 0 fully saturated rings. The highest BCUT2D eigenvalue weighted by Crippen LogP contribution is 2.21. The number of benzene rings is 2. The maximum atomic E-state index is 12.1. The van der Waals surface area contributed by atoms with Gasteiger partial charge in [0.05, 0.1) is 20.0 Å². The van der Waals surface area contributed by atoms with Gasteiger partial charge in [0.1, 0.15) is 11.5 Å². The standard InChI is InChI=1S/C19H21NO5S/c1-13(19(22)20-14-4-6-15(23-2)7-5-14)25-18(21)12-26-17-10-8-16(24-3)9-11-17/h4-11,13H,12H2,1-3H3,(H,20,22)/t13-/m0/s1. The molecule has 0 aliphatic rings. The van der Waals surface area contributed by atoms with Crippen molar-refractivity contribution in [2.24, 2.45) is 0 Å². The Hall–Kier alpha value is -2.67. The summed E-state index contributed by atoms with van der Waals surface area (Å²) in [5.41, 5.74) is 0.603. The van der Waals surface area contributed by atoms with Gasteiger partial charge in [-0.3, -0.25) is 9.59 Å². The van der Waals surface area contributed by atoms with Gasteiger partial charge in [0.25, 0.3) is 5.91 Å². The first kappa shape index (κ1) is 19.7. The zero-order valence-corrected chi connectivity index (χ0v) is 15.7. The molecule has 1 N–H and O–H groups in total. The van der Waals surface area contributed by atoms with Gasteiger partial charge in [-0.05, 0) is 55.5 Å². The van der Waals surface area contributed by atoms with E-state index in [2.05, 4.69) is 5.32 Å². The molecule has 1 atom stereocenters. The molecule has 26 heavy (non-hydrogen) atoms. The molecule has 0 unspecified atom stereocenters. The zero-order valence-electron chi connectivity index (χ0n) is 14.9. The summed E-state index contributed by atoms with van der Waals surface area (Å²) in [6, 6.07) is 14.2. The minimum atomic E-state index is -0.888. The molecule has 1 amide bonds. The molecular formula is C19H21NO5S. The minimum absolute atomic E-state index is 0.118. The summed E-state index contributed by atoms with van der Waals surface area (Å²) in [5.74, 6) is 0.715. The predicted molar refractivity (Wildman–Crippen MR) is 101 cm³/mol. The number of carbonyl (C=O) groups excluding carboxylic acids is 2. The summed E-state index contributed by atoms with van der Waals surface area (Å²) >= 11 is 1.33. The van der Waals surface area contributed by atoms with Crippen LogP contribution >= 0.6 is 11.8 Å². The third kappa shape index (κ3) is 6.00. The molecule has 2 aromatic carbocycles. The number of nitrogens with one attached hydrogen (secondary N) is 1. The highest BCUT2D eigenvalue weighted by Gasteiger charge is 2.18. The van der Waals surface area contributed by atoms with Gasteiger partial charge >= 0.3 is 5.97 Å². The van der Waals surface area contributed by atoms with Crippen molar-refractivity contribution in [1.82, 2.24) is 0 Å². The number of hydrogen-bond acceptors (Lipinski definition) is 6. The average molecular weight is 375 g/mol. The number of rotatable bonds is 8. The van der Waals surface area contributed by atoms with Gasteiger partial charge in [0, 0.05) is 10.6 Å². The molecule has 0 saturated carbocycles. The summed E-state index contributed by atoms with van der Waals surface area (Å²) in [7, 11) is 3.16. The first-order valence-corrected chi connectivity index (χ1v) is 8.91. The second kappa shape index (κ2) is 9.72. The Labute approximate surface area is 156 Å². The maximum Gasteiger partial charge on any atom is 0.317 e. The van der Waals surface area contributed by atoms with Crippen LogP contribution in [-0.2, 0) is 14.3 Å². The van der Waals surface area contributed by atoms with Crippen molar-refractivity contribution in [3.05, 3.63) is 48.5 Å². The minimum Gasteiger partial charge on any atom is -0.497 e. The topological polar surface area (TPSA) is 73.9 Å². The Bertz CT molecular complexity index is 731. The van der Waals surface area contributed by atoms with E-state index in [-0.39, 0.29) is 5.75 Å². The normalized spacial score (nSPS) is 11.3. The number of anilines is 1. The van der Waals surface area contributed by atoms with Crippen LogP contribution in [0.2, 0.25) is 0 Å². The van der Waals surface area contributed by atoms with E-state index in [1.54, 1.807) is 38.5 Å². The van der Waals surface area contributed by atoms with E-state index in [4.69, 9.17) is 14.2 Å². The van der Waals surface area contributed by atoms with E-state index in [9.17, 15) is 9.59 Å². The van der Waals surface area contributed by atoms with Crippen molar-refractivity contribution in [3.63, 3.8) is 0 Å². The van der Waals surface area contributed by atoms with Crippen molar-refractivity contribution in [1.29, 1.82) is 0 Å². The van der Waals surface area contributed by atoms with Gasteiger partial charge in [-0.25, -0.2) is 0 Å². The van der Waals surface area contributed by atoms with Gasteiger partial charge in [-0.2, -0.15) is 0 Å². The lowest BCUT2D eigenvalue weighted by Gasteiger charge is -2.13. The quantitative estimate of drug-likeness (QED) is 0.563. The fourth-order valence-corrected chi connectivity index (χ4v) is 2.70. The molecule has 0 radical (unpaired) electrons. The summed E-state index contributed by atoms with van der Waals surface area (Å²) in [5, 5.41) is 2.69. The summed E-state index contributed by atoms with van der Waals surface area (Å²) in [6.07, 6.45) is -0.888. The van der Waals surface area contributed by atoms with Crippen LogP contribution < -0.4 is 14.8 Å². The fraction of sp³-hybridized carbons (Fsp3) is 0.263. The molecule has 2 aromatic rings. The van der Waals surface area contributed by atoms with Gasteiger partial charge < -0.3 is 19.5 Å². The van der Waals surface area contributed by atoms with Crippen molar-refractivity contribution in [2.45, 2.75) is 17.9 Å². The summed E-state index contributed by atoms with van der Waals surface area (Å²) in [6.45, 7) is 1.54. The first-order chi connectivity index (χ1) is 12.5. The Kier molecular flexibility index (Phi) is 7.35. The number of thioether (sulfide) groups is 1. The lowest BCUT2D eigenvalue weighted by atomic mass is 10.3. The molecule has 7 heteroatoms. The fourth-order valence-electron chi connectivity index (χ4n) is 2.02. The van der Waals surface area contributed by atoms with Crippen LogP contribution in [0.15, 0.2) is 53.4 Å². The monoisotopic (exact) mass is 375 g/mol. The smallest absolute Gasteiger partial charge is 0.317 e. The Morgan fingerprint density at radius 1 is 0.962 bits per heavy atom. The zero-order chi connectivity index (χ0) is 18.9. The van der Waals surface area contributed by atoms with Crippen LogP contribution in [0.25, 0.3) is 0 Å². The number of methoxy groups -OCH3 is 2. The highest BCUT2D eigenvalue weighted by molar-refractivity contribution is 8.00. The predicted octanol–water partition coefficient (Wildman–Crippen LogP) is 3.37. The third-order valence-electron chi connectivity index (χ3n) is 3.45. The second-order valence-electron chi connectivity index (χ2n) is 5.31. The van der Waals surface area contributed by atoms with E-state index in [0.717, 1.165) is 10.6 Å². The SMILES string of the molecule is COc1ccc(NC(=O)[C@H](C)OC(=O)CSc2ccc(OC)cc2)cc1.